The van der Waals surface area contributed by atoms with Crippen LogP contribution < -0.4 is 9.47 Å². The standard InChI is InChI=1S/C19H29N3O4/c1-20(2)19(24)22-10-6-7-15(14-22)18(23)21(3)11-12-26-17-9-5-8-16(13-17)25-4/h5,8-9,13,15H,6-7,10-12,14H2,1-4H3/t15-/m0/s1. The van der Waals surface area contributed by atoms with E-state index in [0.717, 1.165) is 18.6 Å². The minimum Gasteiger partial charge on any atom is -0.497 e. The number of carbonyl (C=O) groups excluding carboxylic acids is 2. The van der Waals surface area contributed by atoms with Crippen molar-refractivity contribution < 1.29 is 19.1 Å². The van der Waals surface area contributed by atoms with Gasteiger partial charge in [0.2, 0.25) is 5.91 Å². The van der Waals surface area contributed by atoms with E-state index in [1.54, 1.807) is 43.0 Å². The van der Waals surface area contributed by atoms with Gasteiger partial charge in [0.1, 0.15) is 18.1 Å². The molecular weight excluding hydrogens is 334 g/mol. The van der Waals surface area contributed by atoms with Crippen LogP contribution in [0.5, 0.6) is 11.5 Å². The molecule has 0 spiro atoms. The topological polar surface area (TPSA) is 62.3 Å². The maximum absolute atomic E-state index is 12.7. The van der Waals surface area contributed by atoms with Gasteiger partial charge in [0.15, 0.2) is 0 Å². The number of ether oxygens (including phenoxy) is 2. The summed E-state index contributed by atoms with van der Waals surface area (Å²) < 4.78 is 10.9. The first-order chi connectivity index (χ1) is 12.4. The van der Waals surface area contributed by atoms with E-state index in [0.29, 0.717) is 32.0 Å². The summed E-state index contributed by atoms with van der Waals surface area (Å²) in [6.07, 6.45) is 1.67. The Bertz CT molecular complexity index is 621. The van der Waals surface area contributed by atoms with E-state index in [1.807, 2.05) is 24.3 Å². The maximum Gasteiger partial charge on any atom is 0.319 e. The van der Waals surface area contributed by atoms with Gasteiger partial charge in [-0.2, -0.15) is 0 Å². The molecule has 0 bridgehead atoms. The number of rotatable bonds is 6. The lowest BCUT2D eigenvalue weighted by molar-refractivity contribution is -0.135. The third kappa shape index (κ3) is 5.28. The molecule has 0 unspecified atom stereocenters. The summed E-state index contributed by atoms with van der Waals surface area (Å²) >= 11 is 0. The maximum atomic E-state index is 12.7. The Kier molecular flexibility index (Phi) is 7.12. The van der Waals surface area contributed by atoms with Crippen LogP contribution in [0.15, 0.2) is 24.3 Å². The molecule has 1 fully saturated rings. The second-order valence-corrected chi connectivity index (χ2v) is 6.75. The van der Waals surface area contributed by atoms with Gasteiger partial charge in [-0.15, -0.1) is 0 Å². The van der Waals surface area contributed by atoms with Crippen molar-refractivity contribution in [2.45, 2.75) is 12.8 Å². The number of benzene rings is 1. The number of urea groups is 1. The number of nitrogens with zero attached hydrogens (tertiary/aromatic N) is 3. The lowest BCUT2D eigenvalue weighted by atomic mass is 9.97. The summed E-state index contributed by atoms with van der Waals surface area (Å²) in [6.45, 7) is 2.09. The van der Waals surface area contributed by atoms with Crippen LogP contribution in [0.2, 0.25) is 0 Å². The van der Waals surface area contributed by atoms with E-state index in [9.17, 15) is 9.59 Å². The highest BCUT2D eigenvalue weighted by atomic mass is 16.5. The minimum atomic E-state index is -0.144. The van der Waals surface area contributed by atoms with Gasteiger partial charge >= 0.3 is 6.03 Å². The number of methoxy groups -OCH3 is 1. The molecule has 0 saturated carbocycles. The van der Waals surface area contributed by atoms with E-state index in [1.165, 1.54) is 0 Å². The van der Waals surface area contributed by atoms with Crippen LogP contribution in [-0.2, 0) is 4.79 Å². The van der Waals surface area contributed by atoms with Gasteiger partial charge in [-0.1, -0.05) is 6.07 Å². The van der Waals surface area contributed by atoms with Crippen molar-refractivity contribution in [3.8, 4) is 11.5 Å². The molecule has 26 heavy (non-hydrogen) atoms. The van der Waals surface area contributed by atoms with Crippen molar-refractivity contribution in [3.63, 3.8) is 0 Å². The quantitative estimate of drug-likeness (QED) is 0.775. The van der Waals surface area contributed by atoms with Crippen molar-refractivity contribution in [1.82, 2.24) is 14.7 Å². The Labute approximate surface area is 155 Å². The van der Waals surface area contributed by atoms with Crippen molar-refractivity contribution >= 4 is 11.9 Å². The van der Waals surface area contributed by atoms with Crippen molar-refractivity contribution in [2.24, 2.45) is 5.92 Å². The summed E-state index contributed by atoms with van der Waals surface area (Å²) in [7, 11) is 6.86. The zero-order chi connectivity index (χ0) is 19.1. The van der Waals surface area contributed by atoms with E-state index < -0.39 is 0 Å². The number of hydrogen-bond donors (Lipinski definition) is 0. The SMILES string of the molecule is COc1cccc(OCCN(C)C(=O)[C@H]2CCCN(C(=O)N(C)C)C2)c1. The lowest BCUT2D eigenvalue weighted by Crippen LogP contribution is -2.49. The second-order valence-electron chi connectivity index (χ2n) is 6.75. The minimum absolute atomic E-state index is 0.0356. The Morgan fingerprint density at radius 2 is 1.96 bits per heavy atom. The van der Waals surface area contributed by atoms with Crippen LogP contribution in [0.25, 0.3) is 0 Å². The number of carbonyl (C=O) groups is 2. The van der Waals surface area contributed by atoms with E-state index in [4.69, 9.17) is 9.47 Å². The highest BCUT2D eigenvalue weighted by molar-refractivity contribution is 5.80. The summed E-state index contributed by atoms with van der Waals surface area (Å²) in [4.78, 5) is 29.8. The molecule has 1 atom stereocenters. The predicted octanol–water partition coefficient (Wildman–Crippen LogP) is 1.93. The average molecular weight is 363 g/mol. The normalized spacial score (nSPS) is 16.8. The third-order valence-electron chi connectivity index (χ3n) is 4.54. The molecule has 144 valence electrons. The molecule has 1 aliphatic rings. The zero-order valence-corrected chi connectivity index (χ0v) is 16.1. The number of hydrogen-bond acceptors (Lipinski definition) is 4. The van der Waals surface area contributed by atoms with Gasteiger partial charge in [0.25, 0.3) is 0 Å². The van der Waals surface area contributed by atoms with E-state index >= 15 is 0 Å². The Morgan fingerprint density at radius 1 is 1.23 bits per heavy atom. The summed E-state index contributed by atoms with van der Waals surface area (Å²) in [5, 5.41) is 0. The Hall–Kier alpha value is -2.44. The monoisotopic (exact) mass is 363 g/mol. The molecule has 1 saturated heterocycles. The zero-order valence-electron chi connectivity index (χ0n) is 16.1. The number of amides is 3. The highest BCUT2D eigenvalue weighted by Gasteiger charge is 2.30. The van der Waals surface area contributed by atoms with Crippen LogP contribution >= 0.6 is 0 Å². The molecule has 0 aromatic heterocycles. The number of piperidine rings is 1. The van der Waals surface area contributed by atoms with Gasteiger partial charge in [-0.3, -0.25) is 4.79 Å². The summed E-state index contributed by atoms with van der Waals surface area (Å²) in [5.41, 5.74) is 0. The number of likely N-dealkylation sites (tertiary alicyclic amines) is 1. The third-order valence-corrected chi connectivity index (χ3v) is 4.54. The molecule has 0 aliphatic carbocycles. The average Bonchev–Trinajstić information content (AvgIpc) is 2.66. The van der Waals surface area contributed by atoms with Gasteiger partial charge in [0, 0.05) is 40.3 Å². The molecular formula is C19H29N3O4. The molecule has 1 aromatic rings. The van der Waals surface area contributed by atoms with Crippen molar-refractivity contribution in [3.05, 3.63) is 24.3 Å². The van der Waals surface area contributed by atoms with E-state index in [-0.39, 0.29) is 17.9 Å². The Balaban J connectivity index is 1.81. The smallest absolute Gasteiger partial charge is 0.319 e. The van der Waals surface area contributed by atoms with Gasteiger partial charge in [-0.25, -0.2) is 4.79 Å². The fourth-order valence-electron chi connectivity index (χ4n) is 3.05. The first-order valence-corrected chi connectivity index (χ1v) is 8.90. The first-order valence-electron chi connectivity index (χ1n) is 8.90. The second kappa shape index (κ2) is 9.31. The van der Waals surface area contributed by atoms with Crippen LogP contribution in [0.4, 0.5) is 4.79 Å². The molecule has 3 amide bonds. The van der Waals surface area contributed by atoms with Gasteiger partial charge in [-0.05, 0) is 25.0 Å². The van der Waals surface area contributed by atoms with Crippen LogP contribution in [-0.4, -0.2) is 81.1 Å². The predicted molar refractivity (Wildman–Crippen MR) is 99.5 cm³/mol. The highest BCUT2D eigenvalue weighted by Crippen LogP contribution is 2.20. The van der Waals surface area contributed by atoms with Gasteiger partial charge in [0.05, 0.1) is 19.6 Å². The fraction of sp³-hybridized carbons (Fsp3) is 0.579. The molecule has 7 nitrogen and oxygen atoms in total. The van der Waals surface area contributed by atoms with Gasteiger partial charge < -0.3 is 24.2 Å². The molecule has 0 N–H and O–H groups in total. The van der Waals surface area contributed by atoms with Crippen LogP contribution in [0.1, 0.15) is 12.8 Å². The Morgan fingerprint density at radius 3 is 2.65 bits per heavy atom. The first kappa shape index (κ1) is 19.9. The number of likely N-dealkylation sites (N-methyl/N-ethyl adjacent to an activating group) is 1. The fourth-order valence-corrected chi connectivity index (χ4v) is 3.05. The molecule has 1 aromatic carbocycles. The largest absolute Gasteiger partial charge is 0.497 e. The van der Waals surface area contributed by atoms with Crippen molar-refractivity contribution in [2.75, 3.05) is 54.5 Å². The molecule has 0 radical (unpaired) electrons. The molecule has 1 heterocycles. The lowest BCUT2D eigenvalue weighted by Gasteiger charge is -2.35. The van der Waals surface area contributed by atoms with Crippen molar-refractivity contribution in [1.29, 1.82) is 0 Å². The van der Waals surface area contributed by atoms with Crippen LogP contribution in [0, 0.1) is 5.92 Å². The molecule has 1 aliphatic heterocycles. The molecule has 2 rings (SSSR count). The molecule has 7 heteroatoms. The summed E-state index contributed by atoms with van der Waals surface area (Å²) in [5.74, 6) is 1.37. The summed E-state index contributed by atoms with van der Waals surface area (Å²) in [6, 6.07) is 7.35. The van der Waals surface area contributed by atoms with E-state index in [2.05, 4.69) is 0 Å². The van der Waals surface area contributed by atoms with Crippen LogP contribution in [0.3, 0.4) is 0 Å².